The highest BCUT2D eigenvalue weighted by molar-refractivity contribution is 8.00. The Morgan fingerprint density at radius 2 is 1.50 bits per heavy atom. The number of fused-ring (bicyclic) bond motifs is 2. The Labute approximate surface area is 233 Å². The van der Waals surface area contributed by atoms with Crippen LogP contribution in [0.4, 0.5) is 20.2 Å². The van der Waals surface area contributed by atoms with Crippen LogP contribution in [0.25, 0.3) is 0 Å². The van der Waals surface area contributed by atoms with Crippen molar-refractivity contribution in [3.05, 3.63) is 105 Å². The van der Waals surface area contributed by atoms with Crippen LogP contribution < -0.4 is 15.1 Å². The maximum absolute atomic E-state index is 13.8. The van der Waals surface area contributed by atoms with E-state index in [1.54, 1.807) is 0 Å². The number of aromatic nitrogens is 1. The molecule has 3 aromatic carbocycles. The number of amides is 3. The van der Waals surface area contributed by atoms with Crippen LogP contribution in [0.5, 0.6) is 5.75 Å². The van der Waals surface area contributed by atoms with E-state index in [2.05, 4.69) is 5.32 Å². The Hall–Kier alpha value is -4.29. The summed E-state index contributed by atoms with van der Waals surface area (Å²) in [7, 11) is 0. The summed E-state index contributed by atoms with van der Waals surface area (Å²) in [6, 6.07) is 16.4. The van der Waals surface area contributed by atoms with Crippen molar-refractivity contribution < 1.29 is 28.3 Å². The highest BCUT2D eigenvalue weighted by atomic mass is 32.2. The number of nitrogens with zero attached hydrogens (tertiary/aromatic N) is 2. The maximum atomic E-state index is 13.8. The Balaban J connectivity index is 1.40. The standard InChI is InChI=1S/C28H19F2N3O5S2/c29-15-3-1-14(2-4-15)21-22-23(26(37)33(25(22)36)18-9-5-16(30)6-10-18)39-27-24(21)40-28(38)32(27)13-20(35)31-17-7-11-19(34)12-8-17/h1-12,21-23,34H,13H2,(H,31,35)/t21-,22?,23?/m1/s1. The summed E-state index contributed by atoms with van der Waals surface area (Å²) in [4.78, 5) is 54.5. The molecule has 2 aliphatic heterocycles. The topological polar surface area (TPSA) is 109 Å². The number of anilines is 2. The van der Waals surface area contributed by atoms with E-state index in [1.807, 2.05) is 0 Å². The number of hydrogen-bond donors (Lipinski definition) is 2. The summed E-state index contributed by atoms with van der Waals surface area (Å²) in [6.07, 6.45) is 0. The molecule has 2 N–H and O–H groups in total. The minimum absolute atomic E-state index is 0.0318. The van der Waals surface area contributed by atoms with E-state index in [0.717, 1.165) is 40.1 Å². The molecule has 0 saturated carbocycles. The second kappa shape index (κ2) is 10.0. The summed E-state index contributed by atoms with van der Waals surface area (Å²) in [6.45, 7) is -0.351. The molecule has 1 fully saturated rings. The highest BCUT2D eigenvalue weighted by Gasteiger charge is 2.56. The third-order valence-corrected chi connectivity index (χ3v) is 9.42. The van der Waals surface area contributed by atoms with E-state index in [0.29, 0.717) is 21.2 Å². The van der Waals surface area contributed by atoms with Gasteiger partial charge in [0.2, 0.25) is 17.7 Å². The number of phenols is 1. The third kappa shape index (κ3) is 4.48. The van der Waals surface area contributed by atoms with Crippen molar-refractivity contribution in [1.82, 2.24) is 4.57 Å². The SMILES string of the molecule is O=C(Cn1c2c(sc1=O)[C@H](c1ccc(F)cc1)C1C(=O)N(c3ccc(F)cc3)C(=O)C1S2)Nc1ccc(O)cc1. The van der Waals surface area contributed by atoms with Crippen LogP contribution in [-0.2, 0) is 20.9 Å². The number of thioether (sulfide) groups is 1. The monoisotopic (exact) mass is 579 g/mol. The second-order valence-electron chi connectivity index (χ2n) is 9.30. The van der Waals surface area contributed by atoms with Gasteiger partial charge in [-0.1, -0.05) is 35.2 Å². The predicted molar refractivity (Wildman–Crippen MR) is 146 cm³/mol. The largest absolute Gasteiger partial charge is 0.508 e. The lowest BCUT2D eigenvalue weighted by molar-refractivity contribution is -0.122. The number of carbonyl (C=O) groups is 3. The first-order valence-corrected chi connectivity index (χ1v) is 13.8. The fraction of sp³-hybridized carbons (Fsp3) is 0.143. The summed E-state index contributed by atoms with van der Waals surface area (Å²) < 4.78 is 28.6. The molecule has 3 atom stereocenters. The van der Waals surface area contributed by atoms with Gasteiger partial charge in [0.15, 0.2) is 0 Å². The summed E-state index contributed by atoms with van der Waals surface area (Å²) in [5, 5.41) is 11.6. The van der Waals surface area contributed by atoms with Crippen LogP contribution in [0.15, 0.2) is 82.6 Å². The normalized spacial score (nSPS) is 19.9. The maximum Gasteiger partial charge on any atom is 0.308 e. The molecule has 4 aromatic rings. The van der Waals surface area contributed by atoms with Crippen LogP contribution in [0.1, 0.15) is 16.4 Å². The fourth-order valence-electron chi connectivity index (χ4n) is 5.02. The zero-order chi connectivity index (χ0) is 28.1. The number of aromatic hydroxyl groups is 1. The zero-order valence-corrected chi connectivity index (χ0v) is 22.0. The van der Waals surface area contributed by atoms with Crippen molar-refractivity contribution in [2.75, 3.05) is 10.2 Å². The molecule has 8 nitrogen and oxygen atoms in total. The van der Waals surface area contributed by atoms with Crippen LogP contribution in [-0.4, -0.2) is 32.6 Å². The van der Waals surface area contributed by atoms with Gasteiger partial charge in [0.25, 0.3) is 0 Å². The molecule has 1 aromatic heterocycles. The molecule has 12 heteroatoms. The lowest BCUT2D eigenvalue weighted by atomic mass is 9.83. The number of imide groups is 1. The van der Waals surface area contributed by atoms with Crippen molar-refractivity contribution in [2.45, 2.75) is 22.7 Å². The number of halogens is 2. The van der Waals surface area contributed by atoms with Gasteiger partial charge in [-0.15, -0.1) is 0 Å². The number of benzene rings is 3. The van der Waals surface area contributed by atoms with Gasteiger partial charge in [-0.2, -0.15) is 0 Å². The van der Waals surface area contributed by atoms with E-state index in [1.165, 1.54) is 65.2 Å². The van der Waals surface area contributed by atoms with Crippen molar-refractivity contribution >= 4 is 52.2 Å². The first-order valence-electron chi connectivity index (χ1n) is 12.1. The predicted octanol–water partition coefficient (Wildman–Crippen LogP) is 4.33. The number of rotatable bonds is 5. The van der Waals surface area contributed by atoms with E-state index >= 15 is 0 Å². The van der Waals surface area contributed by atoms with E-state index in [4.69, 9.17) is 0 Å². The average Bonchev–Trinajstić information content (AvgIpc) is 3.37. The molecular weight excluding hydrogens is 560 g/mol. The Morgan fingerprint density at radius 1 is 0.875 bits per heavy atom. The van der Waals surface area contributed by atoms with Crippen molar-refractivity contribution in [3.8, 4) is 5.75 Å². The smallest absolute Gasteiger partial charge is 0.308 e. The molecule has 202 valence electrons. The van der Waals surface area contributed by atoms with Gasteiger partial charge in [0.1, 0.15) is 29.2 Å². The molecular formula is C28H19F2N3O5S2. The van der Waals surface area contributed by atoms with E-state index in [-0.39, 0.29) is 18.0 Å². The zero-order valence-electron chi connectivity index (χ0n) is 20.4. The van der Waals surface area contributed by atoms with Gasteiger partial charge in [-0.25, -0.2) is 13.7 Å². The van der Waals surface area contributed by atoms with Gasteiger partial charge in [0, 0.05) is 16.5 Å². The van der Waals surface area contributed by atoms with Crippen molar-refractivity contribution in [3.63, 3.8) is 0 Å². The molecule has 3 heterocycles. The van der Waals surface area contributed by atoms with Gasteiger partial charge >= 0.3 is 4.87 Å². The van der Waals surface area contributed by atoms with Crippen LogP contribution in [0.2, 0.25) is 0 Å². The lowest BCUT2D eigenvalue weighted by Crippen LogP contribution is -2.33. The minimum atomic E-state index is -0.930. The summed E-state index contributed by atoms with van der Waals surface area (Å²) >= 11 is 1.91. The van der Waals surface area contributed by atoms with Gasteiger partial charge < -0.3 is 10.4 Å². The molecule has 6 rings (SSSR count). The van der Waals surface area contributed by atoms with E-state index < -0.39 is 51.3 Å². The molecule has 2 aliphatic rings. The molecule has 1 saturated heterocycles. The summed E-state index contributed by atoms with van der Waals surface area (Å²) in [5.74, 6) is -4.16. The number of hydrogen-bond acceptors (Lipinski definition) is 7. The molecule has 40 heavy (non-hydrogen) atoms. The van der Waals surface area contributed by atoms with Crippen LogP contribution in [0.3, 0.4) is 0 Å². The number of phenolic OH excluding ortho intramolecular Hbond substituents is 1. The number of nitrogens with one attached hydrogen (secondary N) is 1. The van der Waals surface area contributed by atoms with Crippen molar-refractivity contribution in [1.29, 1.82) is 0 Å². The quantitative estimate of drug-likeness (QED) is 0.269. The molecule has 0 radical (unpaired) electrons. The molecule has 0 bridgehead atoms. The number of carbonyl (C=O) groups excluding carboxylic acids is 3. The minimum Gasteiger partial charge on any atom is -0.508 e. The second-order valence-corrected chi connectivity index (χ2v) is 11.4. The average molecular weight is 580 g/mol. The first-order chi connectivity index (χ1) is 19.2. The third-order valence-electron chi connectivity index (χ3n) is 6.82. The molecule has 3 amide bonds. The fourth-order valence-corrected chi connectivity index (χ4v) is 7.79. The molecule has 0 spiro atoms. The van der Waals surface area contributed by atoms with Crippen LogP contribution in [0, 0.1) is 17.6 Å². The molecule has 2 unspecified atom stereocenters. The first kappa shape index (κ1) is 26.0. The number of thiazole rings is 1. The Kier molecular flexibility index (Phi) is 6.51. The van der Waals surface area contributed by atoms with Gasteiger partial charge in [-0.3, -0.25) is 23.7 Å². The van der Waals surface area contributed by atoms with Crippen molar-refractivity contribution in [2.24, 2.45) is 5.92 Å². The Bertz CT molecular complexity index is 1700. The highest BCUT2D eigenvalue weighted by Crippen LogP contribution is 2.53. The molecule has 0 aliphatic carbocycles. The lowest BCUT2D eigenvalue weighted by Gasteiger charge is -2.30. The van der Waals surface area contributed by atoms with E-state index in [9.17, 15) is 33.1 Å². The Morgan fingerprint density at radius 3 is 2.15 bits per heavy atom. The van der Waals surface area contributed by atoms with Gasteiger partial charge in [0.05, 0.1) is 16.6 Å². The summed E-state index contributed by atoms with van der Waals surface area (Å²) in [5.41, 5.74) is 1.18. The van der Waals surface area contributed by atoms with Gasteiger partial charge in [-0.05, 0) is 66.2 Å². The van der Waals surface area contributed by atoms with Crippen LogP contribution >= 0.6 is 23.1 Å².